The molecule has 130 valence electrons. The molecule has 0 unspecified atom stereocenters. The van der Waals surface area contributed by atoms with Crippen LogP contribution in [0.25, 0.3) is 0 Å². The number of benzene rings is 2. The molecule has 1 aromatic heterocycles. The first-order valence-electron chi connectivity index (χ1n) is 7.37. The van der Waals surface area contributed by atoms with E-state index in [1.165, 1.54) is 36.3 Å². The van der Waals surface area contributed by atoms with E-state index >= 15 is 0 Å². The number of ether oxygens (including phenoxy) is 2. The highest BCUT2D eigenvalue weighted by molar-refractivity contribution is 8.00. The number of hydrogen-bond acceptors (Lipinski definition) is 7. The topological polar surface area (TPSA) is 56.3 Å². The summed E-state index contributed by atoms with van der Waals surface area (Å²) in [6.07, 6.45) is 0. The van der Waals surface area contributed by atoms with Gasteiger partial charge in [-0.15, -0.1) is 10.2 Å². The molecule has 0 saturated carbocycles. The van der Waals surface area contributed by atoms with E-state index in [2.05, 4.69) is 15.5 Å². The number of methoxy groups -OCH3 is 2. The third-order valence-electron chi connectivity index (χ3n) is 3.31. The molecular formula is C17H16FN3O2S2. The quantitative estimate of drug-likeness (QED) is 0.601. The molecule has 5 nitrogen and oxygen atoms in total. The number of aromatic nitrogens is 2. The minimum Gasteiger partial charge on any atom is -0.497 e. The van der Waals surface area contributed by atoms with Crippen molar-refractivity contribution in [1.29, 1.82) is 0 Å². The van der Waals surface area contributed by atoms with Crippen LogP contribution in [0.5, 0.6) is 11.5 Å². The van der Waals surface area contributed by atoms with Gasteiger partial charge < -0.3 is 14.8 Å². The Bertz CT molecular complexity index is 857. The van der Waals surface area contributed by atoms with Crippen LogP contribution in [0.4, 0.5) is 15.2 Å². The van der Waals surface area contributed by atoms with E-state index < -0.39 is 0 Å². The van der Waals surface area contributed by atoms with Crippen molar-refractivity contribution in [2.45, 2.75) is 10.1 Å². The molecule has 0 aliphatic carbocycles. The van der Waals surface area contributed by atoms with Crippen LogP contribution in [0.1, 0.15) is 5.56 Å². The predicted molar refractivity (Wildman–Crippen MR) is 98.7 cm³/mol. The summed E-state index contributed by atoms with van der Waals surface area (Å²) in [5.41, 5.74) is 1.74. The largest absolute Gasteiger partial charge is 0.497 e. The summed E-state index contributed by atoms with van der Waals surface area (Å²) in [7, 11) is 3.08. The van der Waals surface area contributed by atoms with Crippen molar-refractivity contribution in [2.24, 2.45) is 0 Å². The molecule has 0 aliphatic rings. The molecule has 0 spiro atoms. The lowest BCUT2D eigenvalue weighted by Gasteiger charge is -2.04. The minimum atomic E-state index is -0.363. The number of nitrogens with one attached hydrogen (secondary N) is 1. The van der Waals surface area contributed by atoms with Crippen LogP contribution < -0.4 is 14.8 Å². The maximum absolute atomic E-state index is 13.7. The second-order valence-corrected chi connectivity index (χ2v) is 7.19. The highest BCUT2D eigenvalue weighted by atomic mass is 32.2. The number of halogens is 1. The number of hydrogen-bond donors (Lipinski definition) is 1. The molecule has 0 fully saturated rings. The second kappa shape index (κ2) is 8.17. The van der Waals surface area contributed by atoms with Crippen LogP contribution in [0.15, 0.2) is 46.8 Å². The predicted octanol–water partition coefficient (Wildman–Crippen LogP) is 4.73. The van der Waals surface area contributed by atoms with E-state index in [-0.39, 0.29) is 11.6 Å². The van der Waals surface area contributed by atoms with E-state index in [0.717, 1.165) is 21.3 Å². The van der Waals surface area contributed by atoms with Gasteiger partial charge in [-0.3, -0.25) is 0 Å². The average Bonchev–Trinajstić information content (AvgIpc) is 3.07. The molecule has 1 heterocycles. The summed E-state index contributed by atoms with van der Waals surface area (Å²) in [6, 6.07) is 12.5. The van der Waals surface area contributed by atoms with E-state index in [1.54, 1.807) is 13.2 Å². The van der Waals surface area contributed by atoms with E-state index in [4.69, 9.17) is 9.47 Å². The molecule has 3 rings (SSSR count). The van der Waals surface area contributed by atoms with Gasteiger partial charge in [-0.2, -0.15) is 0 Å². The molecule has 2 aromatic carbocycles. The first kappa shape index (κ1) is 17.5. The lowest BCUT2D eigenvalue weighted by molar-refractivity contribution is 0.386. The third-order valence-corrected chi connectivity index (χ3v) is 5.35. The normalized spacial score (nSPS) is 10.5. The Hall–Kier alpha value is -2.32. The van der Waals surface area contributed by atoms with Crippen LogP contribution in [-0.4, -0.2) is 24.4 Å². The molecule has 0 saturated heterocycles. The molecule has 1 N–H and O–H groups in total. The van der Waals surface area contributed by atoms with Crippen molar-refractivity contribution in [3.63, 3.8) is 0 Å². The van der Waals surface area contributed by atoms with Crippen molar-refractivity contribution in [2.75, 3.05) is 19.5 Å². The van der Waals surface area contributed by atoms with E-state index in [9.17, 15) is 4.39 Å². The Morgan fingerprint density at radius 3 is 2.76 bits per heavy atom. The molecule has 25 heavy (non-hydrogen) atoms. The van der Waals surface area contributed by atoms with Gasteiger partial charge in [-0.1, -0.05) is 35.2 Å². The van der Waals surface area contributed by atoms with Gasteiger partial charge in [-0.05, 0) is 29.8 Å². The summed E-state index contributed by atoms with van der Waals surface area (Å²) >= 11 is 2.95. The van der Waals surface area contributed by atoms with Gasteiger partial charge in [-0.25, -0.2) is 4.39 Å². The van der Waals surface area contributed by atoms with Crippen LogP contribution in [0.3, 0.4) is 0 Å². The smallest absolute Gasteiger partial charge is 0.210 e. The summed E-state index contributed by atoms with van der Waals surface area (Å²) in [4.78, 5) is 0. The Labute approximate surface area is 153 Å². The molecule has 0 radical (unpaired) electrons. The molecular weight excluding hydrogens is 361 g/mol. The number of rotatable bonds is 7. The Morgan fingerprint density at radius 2 is 2.00 bits per heavy atom. The van der Waals surface area contributed by atoms with Crippen molar-refractivity contribution in [1.82, 2.24) is 10.2 Å². The zero-order valence-electron chi connectivity index (χ0n) is 13.7. The zero-order valence-corrected chi connectivity index (χ0v) is 15.3. The number of anilines is 2. The van der Waals surface area contributed by atoms with Gasteiger partial charge in [0, 0.05) is 17.5 Å². The first-order valence-corrected chi connectivity index (χ1v) is 9.18. The van der Waals surface area contributed by atoms with Crippen LogP contribution in [-0.2, 0) is 5.75 Å². The standard InChI is InChI=1S/C17H16FN3O2S2/c1-22-13-5-3-4-12(9-13)19-16-20-21-17(25-16)24-10-11-6-7-15(23-2)14(18)8-11/h3-9H,10H2,1-2H3,(H,19,20). The molecule has 8 heteroatoms. The van der Waals surface area contributed by atoms with Crippen LogP contribution in [0, 0.1) is 5.82 Å². The molecule has 0 bridgehead atoms. The lowest BCUT2D eigenvalue weighted by atomic mass is 10.2. The summed E-state index contributed by atoms with van der Waals surface area (Å²) in [6.45, 7) is 0. The summed E-state index contributed by atoms with van der Waals surface area (Å²) in [5, 5.41) is 12.2. The highest BCUT2D eigenvalue weighted by Gasteiger charge is 2.08. The highest BCUT2D eigenvalue weighted by Crippen LogP contribution is 2.31. The monoisotopic (exact) mass is 377 g/mol. The zero-order chi connectivity index (χ0) is 17.6. The van der Waals surface area contributed by atoms with Gasteiger partial charge in [0.05, 0.1) is 14.2 Å². The van der Waals surface area contributed by atoms with Crippen molar-refractivity contribution < 1.29 is 13.9 Å². The lowest BCUT2D eigenvalue weighted by Crippen LogP contribution is -1.90. The van der Waals surface area contributed by atoms with Gasteiger partial charge >= 0.3 is 0 Å². The van der Waals surface area contributed by atoms with Crippen LogP contribution >= 0.6 is 23.1 Å². The van der Waals surface area contributed by atoms with Gasteiger partial charge in [0.15, 0.2) is 15.9 Å². The second-order valence-electron chi connectivity index (χ2n) is 4.99. The molecule has 0 aliphatic heterocycles. The Balaban J connectivity index is 1.60. The number of thioether (sulfide) groups is 1. The summed E-state index contributed by atoms with van der Waals surface area (Å²) < 4.78 is 24.6. The minimum absolute atomic E-state index is 0.245. The van der Waals surface area contributed by atoms with Crippen molar-refractivity contribution >= 4 is 33.9 Å². The Morgan fingerprint density at radius 1 is 1.12 bits per heavy atom. The SMILES string of the molecule is COc1cccc(Nc2nnc(SCc3ccc(OC)c(F)c3)s2)c1. The Kier molecular flexibility index (Phi) is 5.72. The first-order chi connectivity index (χ1) is 12.2. The fourth-order valence-corrected chi connectivity index (χ4v) is 3.80. The molecule has 0 atom stereocenters. The van der Waals surface area contributed by atoms with Crippen molar-refractivity contribution in [3.8, 4) is 11.5 Å². The van der Waals surface area contributed by atoms with E-state index in [0.29, 0.717) is 10.9 Å². The fourth-order valence-electron chi connectivity index (χ4n) is 2.09. The van der Waals surface area contributed by atoms with E-state index in [1.807, 2.05) is 30.3 Å². The van der Waals surface area contributed by atoms with Gasteiger partial charge in [0.25, 0.3) is 0 Å². The molecule has 3 aromatic rings. The summed E-state index contributed by atoms with van der Waals surface area (Å²) in [5.74, 6) is 1.26. The molecule has 0 amide bonds. The third kappa shape index (κ3) is 4.61. The number of nitrogens with zero attached hydrogens (tertiary/aromatic N) is 2. The van der Waals surface area contributed by atoms with Gasteiger partial charge in [0.1, 0.15) is 5.75 Å². The fraction of sp³-hybridized carbons (Fsp3) is 0.176. The maximum atomic E-state index is 13.7. The van der Waals surface area contributed by atoms with Crippen molar-refractivity contribution in [3.05, 3.63) is 53.8 Å². The van der Waals surface area contributed by atoms with Gasteiger partial charge in [0.2, 0.25) is 5.13 Å². The van der Waals surface area contributed by atoms with Crippen LogP contribution in [0.2, 0.25) is 0 Å². The maximum Gasteiger partial charge on any atom is 0.210 e. The average molecular weight is 377 g/mol.